The van der Waals surface area contributed by atoms with E-state index in [1.54, 1.807) is 43.3 Å². The minimum atomic E-state index is -0.577. The van der Waals surface area contributed by atoms with E-state index in [4.69, 9.17) is 21.1 Å². The molecule has 0 saturated carbocycles. The molecule has 3 amide bonds. The maximum absolute atomic E-state index is 12.5. The number of carbonyl (C=O) groups excluding carboxylic acids is 3. The van der Waals surface area contributed by atoms with E-state index < -0.39 is 12.0 Å². The molecule has 2 aliphatic heterocycles. The topological polar surface area (TPSA) is 97.0 Å². The van der Waals surface area contributed by atoms with Gasteiger partial charge < -0.3 is 20.1 Å². The summed E-state index contributed by atoms with van der Waals surface area (Å²) in [5.74, 6) is -0.109. The highest BCUT2D eigenvalue weighted by atomic mass is 35.5. The SMILES string of the molecule is CC1Oc2ccc(NC(=O)CN3C(=O)COc4c(Cl)cccc43)cc2NC1=O. The number of ether oxygens (including phenoxy) is 2. The third kappa shape index (κ3) is 3.34. The standard InChI is InChI=1S/C19H16ClN3O5/c1-10-19(26)22-13-7-11(5-6-15(13)28-10)21-16(24)8-23-14-4-2-3-12(20)18(14)27-9-17(23)25/h2-7,10H,8-9H2,1H3,(H,21,24)(H,22,26). The molecule has 0 aliphatic carbocycles. The summed E-state index contributed by atoms with van der Waals surface area (Å²) in [5, 5.41) is 5.81. The van der Waals surface area contributed by atoms with Crippen molar-refractivity contribution in [3.8, 4) is 11.5 Å². The summed E-state index contributed by atoms with van der Waals surface area (Å²) in [6.45, 7) is 1.26. The molecule has 28 heavy (non-hydrogen) atoms. The van der Waals surface area contributed by atoms with Crippen molar-refractivity contribution in [2.24, 2.45) is 0 Å². The number of fused-ring (bicyclic) bond motifs is 2. The number of halogens is 1. The van der Waals surface area contributed by atoms with Crippen LogP contribution in [0.3, 0.4) is 0 Å². The van der Waals surface area contributed by atoms with Crippen molar-refractivity contribution in [1.29, 1.82) is 0 Å². The van der Waals surface area contributed by atoms with E-state index in [1.807, 2.05) is 0 Å². The molecule has 2 N–H and O–H groups in total. The van der Waals surface area contributed by atoms with Gasteiger partial charge in [0.15, 0.2) is 18.5 Å². The van der Waals surface area contributed by atoms with Gasteiger partial charge in [-0.05, 0) is 37.3 Å². The van der Waals surface area contributed by atoms with E-state index in [0.717, 1.165) is 0 Å². The van der Waals surface area contributed by atoms with Crippen molar-refractivity contribution in [2.45, 2.75) is 13.0 Å². The second kappa shape index (κ2) is 7.05. The molecule has 4 rings (SSSR count). The number of benzene rings is 2. The lowest BCUT2D eigenvalue weighted by molar-refractivity contribution is -0.123. The molecule has 0 radical (unpaired) electrons. The zero-order chi connectivity index (χ0) is 19.8. The first-order valence-corrected chi connectivity index (χ1v) is 8.93. The van der Waals surface area contributed by atoms with Crippen LogP contribution in [-0.4, -0.2) is 37.0 Å². The molecule has 2 aliphatic rings. The average Bonchev–Trinajstić information content (AvgIpc) is 2.65. The Hall–Kier alpha value is -3.26. The Bertz CT molecular complexity index is 994. The van der Waals surface area contributed by atoms with Gasteiger partial charge in [-0.25, -0.2) is 0 Å². The summed E-state index contributed by atoms with van der Waals surface area (Å²) in [7, 11) is 0. The number of nitrogens with one attached hydrogen (secondary N) is 2. The number of carbonyl (C=O) groups is 3. The van der Waals surface area contributed by atoms with Gasteiger partial charge in [-0.15, -0.1) is 0 Å². The summed E-state index contributed by atoms with van der Waals surface area (Å²) in [5.41, 5.74) is 1.38. The zero-order valence-corrected chi connectivity index (χ0v) is 15.6. The van der Waals surface area contributed by atoms with E-state index in [0.29, 0.717) is 33.6 Å². The van der Waals surface area contributed by atoms with Gasteiger partial charge in [0, 0.05) is 5.69 Å². The second-order valence-corrected chi connectivity index (χ2v) is 6.77. The molecule has 2 aromatic rings. The molecule has 144 valence electrons. The molecule has 8 nitrogen and oxygen atoms in total. The van der Waals surface area contributed by atoms with Crippen LogP contribution in [0.25, 0.3) is 0 Å². The number of hydrogen-bond acceptors (Lipinski definition) is 5. The number of para-hydroxylation sites is 1. The maximum atomic E-state index is 12.5. The van der Waals surface area contributed by atoms with Crippen LogP contribution in [0.5, 0.6) is 11.5 Å². The van der Waals surface area contributed by atoms with Crippen molar-refractivity contribution < 1.29 is 23.9 Å². The summed E-state index contributed by atoms with van der Waals surface area (Å²) in [6, 6.07) is 9.92. The van der Waals surface area contributed by atoms with Gasteiger partial charge in [-0.2, -0.15) is 0 Å². The molecule has 0 aromatic heterocycles. The average molecular weight is 402 g/mol. The predicted molar refractivity (Wildman–Crippen MR) is 103 cm³/mol. The summed E-state index contributed by atoms with van der Waals surface area (Å²) in [6.07, 6.45) is -0.577. The largest absolute Gasteiger partial charge is 0.480 e. The number of rotatable bonds is 3. The Kier molecular flexibility index (Phi) is 4.56. The first kappa shape index (κ1) is 18.1. The fourth-order valence-electron chi connectivity index (χ4n) is 3.00. The fraction of sp³-hybridized carbons (Fsp3) is 0.211. The molecule has 1 unspecified atom stereocenters. The summed E-state index contributed by atoms with van der Waals surface area (Å²) < 4.78 is 10.9. The third-order valence-corrected chi connectivity index (χ3v) is 4.67. The fourth-order valence-corrected chi connectivity index (χ4v) is 3.23. The highest BCUT2D eigenvalue weighted by Crippen LogP contribution is 2.38. The Morgan fingerprint density at radius 2 is 2.14 bits per heavy atom. The van der Waals surface area contributed by atoms with Crippen molar-refractivity contribution >= 4 is 46.4 Å². The van der Waals surface area contributed by atoms with Crippen LogP contribution >= 0.6 is 11.6 Å². The van der Waals surface area contributed by atoms with Gasteiger partial charge in [-0.1, -0.05) is 17.7 Å². The van der Waals surface area contributed by atoms with Crippen LogP contribution in [0.2, 0.25) is 5.02 Å². The molecule has 0 spiro atoms. The minimum absolute atomic E-state index is 0.190. The van der Waals surface area contributed by atoms with Gasteiger partial charge in [0.25, 0.3) is 11.8 Å². The Labute approximate surface area is 165 Å². The Morgan fingerprint density at radius 1 is 1.32 bits per heavy atom. The van der Waals surface area contributed by atoms with E-state index >= 15 is 0 Å². The van der Waals surface area contributed by atoms with Gasteiger partial charge in [-0.3, -0.25) is 19.3 Å². The minimum Gasteiger partial charge on any atom is -0.480 e. The monoisotopic (exact) mass is 401 g/mol. The van der Waals surface area contributed by atoms with Crippen molar-refractivity contribution in [3.05, 3.63) is 41.4 Å². The maximum Gasteiger partial charge on any atom is 0.265 e. The summed E-state index contributed by atoms with van der Waals surface area (Å²) in [4.78, 5) is 37.8. The van der Waals surface area contributed by atoms with Gasteiger partial charge in [0.05, 0.1) is 16.4 Å². The number of anilines is 3. The summed E-state index contributed by atoms with van der Waals surface area (Å²) >= 11 is 6.10. The van der Waals surface area contributed by atoms with E-state index in [-0.39, 0.29) is 25.0 Å². The zero-order valence-electron chi connectivity index (χ0n) is 14.8. The van der Waals surface area contributed by atoms with E-state index in [9.17, 15) is 14.4 Å². The van der Waals surface area contributed by atoms with E-state index in [1.165, 1.54) is 4.90 Å². The lowest BCUT2D eigenvalue weighted by Gasteiger charge is -2.29. The number of nitrogens with zero attached hydrogens (tertiary/aromatic N) is 1. The lowest BCUT2D eigenvalue weighted by atomic mass is 10.2. The third-order valence-electron chi connectivity index (χ3n) is 4.37. The van der Waals surface area contributed by atoms with Crippen LogP contribution in [0.15, 0.2) is 36.4 Å². The molecule has 0 saturated heterocycles. The van der Waals surface area contributed by atoms with Crippen LogP contribution in [0, 0.1) is 0 Å². The normalized spacial score (nSPS) is 17.6. The van der Waals surface area contributed by atoms with Crippen LogP contribution in [0.4, 0.5) is 17.1 Å². The first-order chi connectivity index (χ1) is 13.4. The van der Waals surface area contributed by atoms with Crippen LogP contribution < -0.4 is 25.0 Å². The molecule has 2 aromatic carbocycles. The second-order valence-electron chi connectivity index (χ2n) is 6.37. The lowest BCUT2D eigenvalue weighted by Crippen LogP contribution is -2.43. The highest BCUT2D eigenvalue weighted by molar-refractivity contribution is 6.32. The molecule has 1 atom stereocenters. The van der Waals surface area contributed by atoms with Crippen LogP contribution in [-0.2, 0) is 14.4 Å². The number of hydrogen-bond donors (Lipinski definition) is 2. The highest BCUT2D eigenvalue weighted by Gasteiger charge is 2.29. The molecular formula is C19H16ClN3O5. The Balaban J connectivity index is 1.50. The van der Waals surface area contributed by atoms with Crippen molar-refractivity contribution in [2.75, 3.05) is 28.7 Å². The van der Waals surface area contributed by atoms with Gasteiger partial charge >= 0.3 is 0 Å². The predicted octanol–water partition coefficient (Wildman–Crippen LogP) is 2.42. The molecule has 0 bridgehead atoms. The van der Waals surface area contributed by atoms with Gasteiger partial charge in [0.2, 0.25) is 5.91 Å². The molecule has 9 heteroatoms. The molecular weight excluding hydrogens is 386 g/mol. The van der Waals surface area contributed by atoms with Crippen molar-refractivity contribution in [3.63, 3.8) is 0 Å². The molecule has 0 fully saturated rings. The first-order valence-electron chi connectivity index (χ1n) is 8.55. The van der Waals surface area contributed by atoms with Crippen molar-refractivity contribution in [1.82, 2.24) is 0 Å². The quantitative estimate of drug-likeness (QED) is 0.823. The molecule has 2 heterocycles. The van der Waals surface area contributed by atoms with Crippen LogP contribution in [0.1, 0.15) is 6.92 Å². The van der Waals surface area contributed by atoms with E-state index in [2.05, 4.69) is 10.6 Å². The smallest absolute Gasteiger partial charge is 0.265 e. The Morgan fingerprint density at radius 3 is 2.96 bits per heavy atom. The van der Waals surface area contributed by atoms with Gasteiger partial charge in [0.1, 0.15) is 12.3 Å². The number of amides is 3.